The molecule has 2 amide bonds. The van der Waals surface area contributed by atoms with Crippen LogP contribution in [0.2, 0.25) is 0 Å². The Balaban J connectivity index is 1.69. The van der Waals surface area contributed by atoms with Crippen LogP contribution in [-0.4, -0.2) is 35.0 Å². The van der Waals surface area contributed by atoms with Crippen LogP contribution in [0.3, 0.4) is 0 Å². The van der Waals surface area contributed by atoms with E-state index in [1.807, 2.05) is 0 Å². The van der Waals surface area contributed by atoms with E-state index in [1.165, 1.54) is 31.2 Å². The van der Waals surface area contributed by atoms with Gasteiger partial charge >= 0.3 is 5.97 Å². The fourth-order valence-electron chi connectivity index (χ4n) is 2.43. The number of ketones is 1. The third kappa shape index (κ3) is 2.81. The van der Waals surface area contributed by atoms with Crippen molar-refractivity contribution in [1.82, 2.24) is 4.90 Å². The van der Waals surface area contributed by atoms with E-state index < -0.39 is 24.3 Å². The Kier molecular flexibility index (Phi) is 3.95. The van der Waals surface area contributed by atoms with E-state index in [0.717, 1.165) is 4.90 Å². The lowest BCUT2D eigenvalue weighted by Gasteiger charge is -2.12. The molecule has 0 spiro atoms. The van der Waals surface area contributed by atoms with E-state index in [1.54, 1.807) is 24.3 Å². The number of hydrogen-bond donors (Lipinski definition) is 0. The molecule has 0 atom stereocenters. The molecule has 0 aliphatic carbocycles. The predicted octanol–water partition coefficient (Wildman–Crippen LogP) is 2.09. The van der Waals surface area contributed by atoms with Gasteiger partial charge in [-0.15, -0.1) is 0 Å². The van der Waals surface area contributed by atoms with Crippen LogP contribution in [0.5, 0.6) is 5.75 Å². The second-order valence-electron chi connectivity index (χ2n) is 5.30. The molecule has 24 heavy (non-hydrogen) atoms. The number of fused-ring (bicyclic) bond motifs is 1. The van der Waals surface area contributed by atoms with Gasteiger partial charge in [-0.05, 0) is 43.3 Å². The number of benzene rings is 2. The largest absolute Gasteiger partial charge is 0.425 e. The van der Waals surface area contributed by atoms with Crippen molar-refractivity contribution in [3.05, 3.63) is 65.2 Å². The fourth-order valence-corrected chi connectivity index (χ4v) is 2.43. The van der Waals surface area contributed by atoms with Gasteiger partial charge in [-0.3, -0.25) is 19.3 Å². The number of rotatable bonds is 4. The van der Waals surface area contributed by atoms with Crippen LogP contribution in [0.1, 0.15) is 38.0 Å². The first-order valence-electron chi connectivity index (χ1n) is 7.24. The van der Waals surface area contributed by atoms with Crippen LogP contribution in [0, 0.1) is 0 Å². The second kappa shape index (κ2) is 6.08. The van der Waals surface area contributed by atoms with Gasteiger partial charge in [0.15, 0.2) is 5.78 Å². The average Bonchev–Trinajstić information content (AvgIpc) is 2.81. The van der Waals surface area contributed by atoms with Gasteiger partial charge in [-0.25, -0.2) is 4.79 Å². The summed E-state index contributed by atoms with van der Waals surface area (Å²) in [6, 6.07) is 12.4. The molecule has 6 heteroatoms. The van der Waals surface area contributed by atoms with Crippen LogP contribution >= 0.6 is 0 Å². The minimum absolute atomic E-state index is 0.0982. The van der Waals surface area contributed by atoms with E-state index in [-0.39, 0.29) is 22.7 Å². The highest BCUT2D eigenvalue weighted by Crippen LogP contribution is 2.22. The summed E-state index contributed by atoms with van der Waals surface area (Å²) in [5, 5.41) is 0. The fraction of sp³-hybridized carbons (Fsp3) is 0.111. The van der Waals surface area contributed by atoms with Crippen molar-refractivity contribution in [3.63, 3.8) is 0 Å². The Morgan fingerprint density at radius 3 is 1.96 bits per heavy atom. The molecular weight excluding hydrogens is 310 g/mol. The zero-order valence-electron chi connectivity index (χ0n) is 12.8. The van der Waals surface area contributed by atoms with Crippen LogP contribution in [0.4, 0.5) is 0 Å². The average molecular weight is 323 g/mol. The Labute approximate surface area is 137 Å². The number of carbonyl (C=O) groups is 4. The van der Waals surface area contributed by atoms with E-state index in [2.05, 4.69) is 0 Å². The molecular formula is C18H13NO5. The molecule has 6 nitrogen and oxygen atoms in total. The number of esters is 1. The van der Waals surface area contributed by atoms with E-state index in [9.17, 15) is 19.2 Å². The normalized spacial score (nSPS) is 13.0. The molecule has 0 radical (unpaired) electrons. The summed E-state index contributed by atoms with van der Waals surface area (Å²) in [6.07, 6.45) is 0. The molecule has 3 rings (SSSR count). The zero-order valence-corrected chi connectivity index (χ0v) is 12.8. The molecule has 0 saturated carbocycles. The molecule has 0 fully saturated rings. The summed E-state index contributed by atoms with van der Waals surface area (Å²) >= 11 is 0. The van der Waals surface area contributed by atoms with E-state index >= 15 is 0 Å². The molecule has 0 aromatic heterocycles. The van der Waals surface area contributed by atoms with Gasteiger partial charge in [0.2, 0.25) is 0 Å². The van der Waals surface area contributed by atoms with Crippen molar-refractivity contribution in [3.8, 4) is 5.75 Å². The van der Waals surface area contributed by atoms with Gasteiger partial charge < -0.3 is 4.74 Å². The topological polar surface area (TPSA) is 80.8 Å². The molecule has 0 unspecified atom stereocenters. The lowest BCUT2D eigenvalue weighted by Crippen LogP contribution is -2.36. The minimum Gasteiger partial charge on any atom is -0.425 e. The van der Waals surface area contributed by atoms with Crippen molar-refractivity contribution in [1.29, 1.82) is 0 Å². The first-order valence-corrected chi connectivity index (χ1v) is 7.24. The van der Waals surface area contributed by atoms with Crippen molar-refractivity contribution in [2.24, 2.45) is 0 Å². The zero-order chi connectivity index (χ0) is 17.3. The smallest absolute Gasteiger partial charge is 0.331 e. The highest BCUT2D eigenvalue weighted by molar-refractivity contribution is 6.22. The SMILES string of the molecule is CC(=O)c1ccc(OC(=O)CN2C(=O)c3ccccc3C2=O)cc1. The molecule has 120 valence electrons. The Morgan fingerprint density at radius 2 is 1.46 bits per heavy atom. The molecule has 2 aromatic carbocycles. The number of hydrogen-bond acceptors (Lipinski definition) is 5. The van der Waals surface area contributed by atoms with Gasteiger partial charge in [0, 0.05) is 5.56 Å². The van der Waals surface area contributed by atoms with Crippen LogP contribution in [0.25, 0.3) is 0 Å². The first kappa shape index (κ1) is 15.6. The van der Waals surface area contributed by atoms with Gasteiger partial charge in [-0.2, -0.15) is 0 Å². The predicted molar refractivity (Wildman–Crippen MR) is 83.9 cm³/mol. The number of nitrogens with zero attached hydrogens (tertiary/aromatic N) is 1. The lowest BCUT2D eigenvalue weighted by molar-refractivity contribution is -0.134. The number of ether oxygens (including phenoxy) is 1. The van der Waals surface area contributed by atoms with E-state index in [4.69, 9.17) is 4.74 Å². The standard InChI is InChI=1S/C18H13NO5/c1-11(20)12-6-8-13(9-7-12)24-16(21)10-19-17(22)14-4-2-3-5-15(14)18(19)23/h2-9H,10H2,1H3. The Morgan fingerprint density at radius 1 is 0.917 bits per heavy atom. The number of Topliss-reactive ketones (excluding diaryl/α,β-unsaturated/α-hetero) is 1. The third-order valence-electron chi connectivity index (χ3n) is 3.66. The summed E-state index contributed by atoms with van der Waals surface area (Å²) in [6.45, 7) is 0.962. The maximum Gasteiger partial charge on any atom is 0.331 e. The maximum absolute atomic E-state index is 12.2. The van der Waals surface area contributed by atoms with Crippen LogP contribution < -0.4 is 4.74 Å². The molecule has 1 aliphatic heterocycles. The first-order chi connectivity index (χ1) is 11.5. The Bertz CT molecular complexity index is 819. The van der Waals surface area contributed by atoms with E-state index in [0.29, 0.717) is 5.56 Å². The number of carbonyl (C=O) groups excluding carboxylic acids is 4. The Hall–Kier alpha value is -3.28. The summed E-state index contributed by atoms with van der Waals surface area (Å²) in [5.74, 6) is -1.63. The summed E-state index contributed by atoms with van der Waals surface area (Å²) < 4.78 is 5.11. The van der Waals surface area contributed by atoms with Crippen molar-refractivity contribution in [2.75, 3.05) is 6.54 Å². The highest BCUT2D eigenvalue weighted by Gasteiger charge is 2.36. The van der Waals surface area contributed by atoms with Crippen LogP contribution in [0.15, 0.2) is 48.5 Å². The quantitative estimate of drug-likeness (QED) is 0.372. The molecule has 0 saturated heterocycles. The highest BCUT2D eigenvalue weighted by atomic mass is 16.5. The molecule has 0 bridgehead atoms. The van der Waals surface area contributed by atoms with Gasteiger partial charge in [0.05, 0.1) is 11.1 Å². The summed E-state index contributed by atoms with van der Waals surface area (Å²) in [4.78, 5) is 48.4. The molecule has 0 N–H and O–H groups in total. The van der Waals surface area contributed by atoms with Crippen molar-refractivity contribution >= 4 is 23.6 Å². The van der Waals surface area contributed by atoms with Gasteiger partial charge in [0.1, 0.15) is 12.3 Å². The van der Waals surface area contributed by atoms with Gasteiger partial charge in [0.25, 0.3) is 11.8 Å². The minimum atomic E-state index is -0.736. The monoisotopic (exact) mass is 323 g/mol. The molecule has 1 aliphatic rings. The van der Waals surface area contributed by atoms with Gasteiger partial charge in [-0.1, -0.05) is 12.1 Å². The van der Waals surface area contributed by atoms with Crippen molar-refractivity contribution in [2.45, 2.75) is 6.92 Å². The number of amides is 2. The summed E-state index contributed by atoms with van der Waals surface area (Å²) in [7, 11) is 0. The van der Waals surface area contributed by atoms with Crippen molar-refractivity contribution < 1.29 is 23.9 Å². The third-order valence-corrected chi connectivity index (χ3v) is 3.66. The lowest BCUT2D eigenvalue weighted by atomic mass is 10.1. The number of imide groups is 1. The summed E-state index contributed by atoms with van der Waals surface area (Å²) in [5.41, 5.74) is 1.05. The maximum atomic E-state index is 12.2. The van der Waals surface area contributed by atoms with Crippen LogP contribution in [-0.2, 0) is 4.79 Å². The molecule has 1 heterocycles. The molecule has 2 aromatic rings. The second-order valence-corrected chi connectivity index (χ2v) is 5.30.